The third-order valence-electron chi connectivity index (χ3n) is 3.33. The van der Waals surface area contributed by atoms with Crippen LogP contribution in [0, 0.1) is 11.3 Å². The molecule has 1 N–H and O–H groups in total. The Kier molecular flexibility index (Phi) is 3.32. The van der Waals surface area contributed by atoms with Crippen LogP contribution in [0.1, 0.15) is 5.56 Å². The molecule has 1 fully saturated rings. The smallest absolute Gasteiger partial charge is 0.0998 e. The van der Waals surface area contributed by atoms with Gasteiger partial charge in [0.15, 0.2) is 0 Å². The molecular formula is C15H15N3O. The van der Waals surface area contributed by atoms with Crippen LogP contribution in [0.5, 0.6) is 0 Å². The van der Waals surface area contributed by atoms with E-state index >= 15 is 0 Å². The summed E-state index contributed by atoms with van der Waals surface area (Å²) in [5.74, 6) is 0. The van der Waals surface area contributed by atoms with E-state index in [1.807, 2.05) is 36.4 Å². The molecule has 1 heterocycles. The molecule has 0 radical (unpaired) electrons. The van der Waals surface area contributed by atoms with Gasteiger partial charge in [0.25, 0.3) is 0 Å². The van der Waals surface area contributed by atoms with Crippen LogP contribution >= 0.6 is 0 Å². The Bertz CT molecular complexity index is 627. The number of hydrogen-bond donors (Lipinski definition) is 1. The lowest BCUT2D eigenvalue weighted by atomic mass is 10.0. The van der Waals surface area contributed by atoms with Crippen LogP contribution < -0.4 is 5.43 Å². The topological polar surface area (TPSA) is 48.3 Å². The second-order valence-electron chi connectivity index (χ2n) is 4.53. The molecule has 3 rings (SSSR count). The van der Waals surface area contributed by atoms with E-state index in [9.17, 15) is 0 Å². The SMILES string of the molecule is N#Cc1ccc(NN2CCOCC2)c2ccccc12. The zero-order valence-corrected chi connectivity index (χ0v) is 10.6. The highest BCUT2D eigenvalue weighted by atomic mass is 16.5. The molecule has 0 aromatic heterocycles. The third-order valence-corrected chi connectivity index (χ3v) is 3.33. The number of anilines is 1. The van der Waals surface area contributed by atoms with E-state index in [0.717, 1.165) is 42.8 Å². The van der Waals surface area contributed by atoms with E-state index < -0.39 is 0 Å². The highest BCUT2D eigenvalue weighted by Crippen LogP contribution is 2.26. The van der Waals surface area contributed by atoms with Gasteiger partial charge in [-0.05, 0) is 12.1 Å². The predicted molar refractivity (Wildman–Crippen MR) is 74.7 cm³/mol. The van der Waals surface area contributed by atoms with Gasteiger partial charge in [-0.3, -0.25) is 0 Å². The number of rotatable bonds is 2. The highest BCUT2D eigenvalue weighted by molar-refractivity contribution is 5.97. The zero-order valence-electron chi connectivity index (χ0n) is 10.6. The molecule has 4 heteroatoms. The van der Waals surface area contributed by atoms with Gasteiger partial charge < -0.3 is 10.2 Å². The number of morpholine rings is 1. The van der Waals surface area contributed by atoms with Crippen molar-refractivity contribution >= 4 is 16.5 Å². The Morgan fingerprint density at radius 1 is 1.05 bits per heavy atom. The molecule has 0 unspecified atom stereocenters. The first-order valence-electron chi connectivity index (χ1n) is 6.40. The average molecular weight is 253 g/mol. The number of nitrogens with one attached hydrogen (secondary N) is 1. The Morgan fingerprint density at radius 2 is 1.79 bits per heavy atom. The van der Waals surface area contributed by atoms with Gasteiger partial charge in [-0.15, -0.1) is 0 Å². The first-order chi connectivity index (χ1) is 9.38. The molecule has 1 aliphatic heterocycles. The quantitative estimate of drug-likeness (QED) is 0.892. The van der Waals surface area contributed by atoms with E-state index in [4.69, 9.17) is 10.00 Å². The van der Waals surface area contributed by atoms with E-state index in [0.29, 0.717) is 5.56 Å². The lowest BCUT2D eigenvalue weighted by molar-refractivity contribution is 0.0497. The fraction of sp³-hybridized carbons (Fsp3) is 0.267. The molecule has 0 amide bonds. The summed E-state index contributed by atoms with van der Waals surface area (Å²) < 4.78 is 5.34. The van der Waals surface area contributed by atoms with Crippen molar-refractivity contribution < 1.29 is 4.74 Å². The monoisotopic (exact) mass is 253 g/mol. The van der Waals surface area contributed by atoms with Crippen LogP contribution in [0.15, 0.2) is 36.4 Å². The maximum atomic E-state index is 9.15. The van der Waals surface area contributed by atoms with Crippen molar-refractivity contribution in [3.63, 3.8) is 0 Å². The molecule has 0 aliphatic carbocycles. The molecule has 0 spiro atoms. The van der Waals surface area contributed by atoms with Crippen molar-refractivity contribution in [3.8, 4) is 6.07 Å². The molecule has 19 heavy (non-hydrogen) atoms. The molecule has 96 valence electrons. The maximum absolute atomic E-state index is 9.15. The van der Waals surface area contributed by atoms with Crippen molar-refractivity contribution in [3.05, 3.63) is 42.0 Å². The summed E-state index contributed by atoms with van der Waals surface area (Å²) in [6.07, 6.45) is 0. The fourth-order valence-corrected chi connectivity index (χ4v) is 2.34. The Labute approximate surface area is 112 Å². The van der Waals surface area contributed by atoms with E-state index in [2.05, 4.69) is 16.5 Å². The number of hydrogen-bond acceptors (Lipinski definition) is 4. The Morgan fingerprint density at radius 3 is 2.53 bits per heavy atom. The molecule has 2 aromatic carbocycles. The van der Waals surface area contributed by atoms with Crippen molar-refractivity contribution in [1.82, 2.24) is 5.01 Å². The van der Waals surface area contributed by atoms with Gasteiger partial charge in [0.2, 0.25) is 0 Å². The van der Waals surface area contributed by atoms with Gasteiger partial charge in [-0.25, -0.2) is 5.01 Å². The van der Waals surface area contributed by atoms with Crippen molar-refractivity contribution in [2.45, 2.75) is 0 Å². The standard InChI is InChI=1S/C15H15N3O/c16-11-12-5-6-15(14-4-2-1-3-13(12)14)17-18-7-9-19-10-8-18/h1-6,17H,7-10H2. The normalized spacial score (nSPS) is 16.2. The number of nitriles is 1. The van der Waals surface area contributed by atoms with Crippen LogP contribution in [0.4, 0.5) is 5.69 Å². The third kappa shape index (κ3) is 2.39. The number of fused-ring (bicyclic) bond motifs is 1. The number of hydrazine groups is 1. The number of benzene rings is 2. The van der Waals surface area contributed by atoms with Gasteiger partial charge >= 0.3 is 0 Å². The van der Waals surface area contributed by atoms with E-state index in [-0.39, 0.29) is 0 Å². The number of ether oxygens (including phenoxy) is 1. The molecule has 0 atom stereocenters. The minimum Gasteiger partial charge on any atom is -0.379 e. The molecule has 1 saturated heterocycles. The fourth-order valence-electron chi connectivity index (χ4n) is 2.34. The summed E-state index contributed by atoms with van der Waals surface area (Å²) in [6, 6.07) is 14.1. The average Bonchev–Trinajstić information content (AvgIpc) is 2.49. The van der Waals surface area contributed by atoms with Gasteiger partial charge in [0, 0.05) is 23.9 Å². The molecular weight excluding hydrogens is 238 g/mol. The lowest BCUT2D eigenvalue weighted by Gasteiger charge is -2.28. The maximum Gasteiger partial charge on any atom is 0.0998 e. The van der Waals surface area contributed by atoms with Crippen LogP contribution in [0.2, 0.25) is 0 Å². The van der Waals surface area contributed by atoms with Gasteiger partial charge in [0.05, 0.1) is 30.5 Å². The highest BCUT2D eigenvalue weighted by Gasteiger charge is 2.12. The summed E-state index contributed by atoms with van der Waals surface area (Å²) in [4.78, 5) is 0. The molecule has 0 saturated carbocycles. The van der Waals surface area contributed by atoms with Crippen molar-refractivity contribution in [1.29, 1.82) is 5.26 Å². The van der Waals surface area contributed by atoms with Gasteiger partial charge in [-0.1, -0.05) is 24.3 Å². The van der Waals surface area contributed by atoms with Crippen LogP contribution in [0.25, 0.3) is 10.8 Å². The molecule has 1 aliphatic rings. The Balaban J connectivity index is 1.97. The summed E-state index contributed by atoms with van der Waals surface area (Å²) >= 11 is 0. The molecule has 2 aromatic rings. The molecule has 0 bridgehead atoms. The van der Waals surface area contributed by atoms with E-state index in [1.54, 1.807) is 0 Å². The second kappa shape index (κ2) is 5.27. The largest absolute Gasteiger partial charge is 0.379 e. The second-order valence-corrected chi connectivity index (χ2v) is 4.53. The predicted octanol–water partition coefficient (Wildman–Crippen LogP) is 2.37. The van der Waals surface area contributed by atoms with Crippen LogP contribution in [0.3, 0.4) is 0 Å². The zero-order chi connectivity index (χ0) is 13.1. The minimum atomic E-state index is 0.711. The Hall–Kier alpha value is -2.09. The minimum absolute atomic E-state index is 0.711. The van der Waals surface area contributed by atoms with Gasteiger partial charge in [0.1, 0.15) is 0 Å². The number of nitrogens with zero attached hydrogens (tertiary/aromatic N) is 2. The lowest BCUT2D eigenvalue weighted by Crippen LogP contribution is -2.40. The summed E-state index contributed by atoms with van der Waals surface area (Å²) in [5.41, 5.74) is 5.17. The summed E-state index contributed by atoms with van der Waals surface area (Å²) in [7, 11) is 0. The van der Waals surface area contributed by atoms with Gasteiger partial charge in [-0.2, -0.15) is 5.26 Å². The summed E-state index contributed by atoms with van der Waals surface area (Å²) in [5, 5.41) is 13.4. The first-order valence-corrected chi connectivity index (χ1v) is 6.40. The van der Waals surface area contributed by atoms with Crippen molar-refractivity contribution in [2.24, 2.45) is 0 Å². The van der Waals surface area contributed by atoms with Crippen LogP contribution in [-0.2, 0) is 4.74 Å². The summed E-state index contributed by atoms with van der Waals surface area (Å²) in [6.45, 7) is 3.24. The van der Waals surface area contributed by atoms with Crippen LogP contribution in [-0.4, -0.2) is 31.3 Å². The van der Waals surface area contributed by atoms with Crippen molar-refractivity contribution in [2.75, 3.05) is 31.7 Å². The van der Waals surface area contributed by atoms with E-state index in [1.165, 1.54) is 0 Å². The molecule has 4 nitrogen and oxygen atoms in total. The first kappa shape index (κ1) is 12.0.